The zero-order valence-electron chi connectivity index (χ0n) is 14.8. The van der Waals surface area contributed by atoms with Gasteiger partial charge in [-0.2, -0.15) is 4.31 Å². The Morgan fingerprint density at radius 3 is 2.21 bits per heavy atom. The minimum atomic E-state index is -4.42. The number of piperazine rings is 1. The lowest BCUT2D eigenvalue weighted by Gasteiger charge is -2.34. The van der Waals surface area contributed by atoms with Crippen LogP contribution in [0.15, 0.2) is 35.2 Å². The fraction of sp³-hybridized carbons (Fsp3) is 0.278. The molecule has 1 heterocycles. The van der Waals surface area contributed by atoms with Crippen LogP contribution in [0, 0.1) is 23.3 Å². The SMILES string of the molecule is O=C(Cc1c(F)cccc1Cl)N1CCN(S(=O)(=O)c2ccc(F)c(F)c2F)CC1. The van der Waals surface area contributed by atoms with E-state index in [1.54, 1.807) is 0 Å². The van der Waals surface area contributed by atoms with Gasteiger partial charge >= 0.3 is 0 Å². The third kappa shape index (κ3) is 4.24. The van der Waals surface area contributed by atoms with Gasteiger partial charge in [0.15, 0.2) is 17.5 Å². The molecule has 0 aromatic heterocycles. The maximum atomic E-state index is 13.9. The van der Waals surface area contributed by atoms with Gasteiger partial charge in [0.2, 0.25) is 15.9 Å². The van der Waals surface area contributed by atoms with Crippen LogP contribution < -0.4 is 0 Å². The van der Waals surface area contributed by atoms with Gasteiger partial charge in [-0.05, 0) is 24.3 Å². The molecule has 0 bridgehead atoms. The molecule has 3 rings (SSSR count). The van der Waals surface area contributed by atoms with Crippen LogP contribution in [-0.2, 0) is 21.2 Å². The van der Waals surface area contributed by atoms with E-state index in [-0.39, 0.29) is 43.2 Å². The molecule has 0 unspecified atom stereocenters. The van der Waals surface area contributed by atoms with Crippen LogP contribution in [0.3, 0.4) is 0 Å². The lowest BCUT2D eigenvalue weighted by Crippen LogP contribution is -2.51. The van der Waals surface area contributed by atoms with Crippen molar-refractivity contribution < 1.29 is 30.8 Å². The van der Waals surface area contributed by atoms with Gasteiger partial charge in [0, 0.05) is 36.8 Å². The summed E-state index contributed by atoms with van der Waals surface area (Å²) in [5.74, 6) is -6.24. The smallest absolute Gasteiger partial charge is 0.246 e. The van der Waals surface area contributed by atoms with Gasteiger partial charge in [-0.25, -0.2) is 26.0 Å². The molecular weight excluding hydrogens is 436 g/mol. The molecule has 1 aliphatic heterocycles. The van der Waals surface area contributed by atoms with Crippen LogP contribution >= 0.6 is 11.6 Å². The molecule has 1 fully saturated rings. The van der Waals surface area contributed by atoms with Gasteiger partial charge < -0.3 is 4.90 Å². The number of carbonyl (C=O) groups is 1. The van der Waals surface area contributed by atoms with E-state index in [1.807, 2.05) is 0 Å². The standard InChI is InChI=1S/C18H15ClF4N2O3S/c19-12-2-1-3-13(20)11(12)10-16(26)24-6-8-25(9-7-24)29(27,28)15-5-4-14(21)17(22)18(15)23/h1-5H,6-10H2. The Hall–Kier alpha value is -2.17. The predicted molar refractivity (Wildman–Crippen MR) is 96.8 cm³/mol. The average Bonchev–Trinajstić information content (AvgIpc) is 2.69. The summed E-state index contributed by atoms with van der Waals surface area (Å²) < 4.78 is 80.2. The van der Waals surface area contributed by atoms with Crippen LogP contribution in [0.1, 0.15) is 5.56 Å². The summed E-state index contributed by atoms with van der Waals surface area (Å²) in [7, 11) is -4.42. The average molecular weight is 451 g/mol. The van der Waals surface area contributed by atoms with E-state index in [0.717, 1.165) is 4.31 Å². The van der Waals surface area contributed by atoms with E-state index in [2.05, 4.69) is 0 Å². The van der Waals surface area contributed by atoms with E-state index < -0.39 is 44.1 Å². The second kappa shape index (κ2) is 8.29. The predicted octanol–water partition coefficient (Wildman–Crippen LogP) is 2.97. The second-order valence-corrected chi connectivity index (χ2v) is 8.65. The van der Waals surface area contributed by atoms with Crippen molar-refractivity contribution in [3.05, 3.63) is 64.2 Å². The normalized spacial score (nSPS) is 15.6. The number of nitrogens with zero attached hydrogens (tertiary/aromatic N) is 2. The molecule has 11 heteroatoms. The number of hydrogen-bond acceptors (Lipinski definition) is 3. The highest BCUT2D eigenvalue weighted by Crippen LogP contribution is 2.25. The first-order chi connectivity index (χ1) is 13.6. The number of halogens is 5. The summed E-state index contributed by atoms with van der Waals surface area (Å²) in [5, 5.41) is 0.105. The zero-order valence-corrected chi connectivity index (χ0v) is 16.4. The van der Waals surface area contributed by atoms with Crippen molar-refractivity contribution in [2.75, 3.05) is 26.2 Å². The number of benzene rings is 2. The molecule has 156 valence electrons. The molecule has 1 saturated heterocycles. The van der Waals surface area contributed by atoms with Crippen LogP contribution in [0.5, 0.6) is 0 Å². The highest BCUT2D eigenvalue weighted by atomic mass is 35.5. The quantitative estimate of drug-likeness (QED) is 0.531. The van der Waals surface area contributed by atoms with Gasteiger partial charge in [0.1, 0.15) is 10.7 Å². The largest absolute Gasteiger partial charge is 0.340 e. The highest BCUT2D eigenvalue weighted by molar-refractivity contribution is 7.89. The van der Waals surface area contributed by atoms with Crippen molar-refractivity contribution in [1.29, 1.82) is 0 Å². The lowest BCUT2D eigenvalue weighted by atomic mass is 10.1. The highest BCUT2D eigenvalue weighted by Gasteiger charge is 2.33. The zero-order chi connectivity index (χ0) is 21.3. The summed E-state index contributed by atoms with van der Waals surface area (Å²) >= 11 is 5.91. The Bertz CT molecular complexity index is 1040. The third-order valence-corrected chi connectivity index (χ3v) is 6.87. The number of carbonyl (C=O) groups excluding carboxylic acids is 1. The number of amides is 1. The fourth-order valence-electron chi connectivity index (χ4n) is 2.99. The Balaban J connectivity index is 1.70. The Kier molecular flexibility index (Phi) is 6.16. The summed E-state index contributed by atoms with van der Waals surface area (Å²) in [6.07, 6.45) is -0.296. The molecule has 29 heavy (non-hydrogen) atoms. The minimum absolute atomic E-state index is 0.0323. The van der Waals surface area contributed by atoms with Crippen LogP contribution in [0.2, 0.25) is 5.02 Å². The van der Waals surface area contributed by atoms with Crippen LogP contribution in [-0.4, -0.2) is 49.7 Å². The first kappa shape index (κ1) is 21.5. The van der Waals surface area contributed by atoms with Gasteiger partial charge in [-0.1, -0.05) is 17.7 Å². The van der Waals surface area contributed by atoms with Crippen molar-refractivity contribution >= 4 is 27.5 Å². The molecule has 5 nitrogen and oxygen atoms in total. The van der Waals surface area contributed by atoms with Gasteiger partial charge in [-0.15, -0.1) is 0 Å². The Morgan fingerprint density at radius 1 is 0.931 bits per heavy atom. The van der Waals surface area contributed by atoms with Crippen molar-refractivity contribution in [2.45, 2.75) is 11.3 Å². The third-order valence-electron chi connectivity index (χ3n) is 4.60. The molecule has 0 radical (unpaired) electrons. The lowest BCUT2D eigenvalue weighted by molar-refractivity contribution is -0.131. The number of rotatable bonds is 4. The van der Waals surface area contributed by atoms with Crippen molar-refractivity contribution in [3.8, 4) is 0 Å². The fourth-order valence-corrected chi connectivity index (χ4v) is 4.70. The topological polar surface area (TPSA) is 57.7 Å². The van der Waals surface area contributed by atoms with Crippen LogP contribution in [0.4, 0.5) is 17.6 Å². The molecule has 0 atom stereocenters. The van der Waals surface area contributed by atoms with E-state index in [1.165, 1.54) is 23.1 Å². The molecule has 1 aliphatic rings. The maximum absolute atomic E-state index is 13.9. The summed E-state index contributed by atoms with van der Waals surface area (Å²) in [5.41, 5.74) is 0.0399. The molecular formula is C18H15ClF4N2O3S. The van der Waals surface area contributed by atoms with Gasteiger partial charge in [0.05, 0.1) is 6.42 Å². The monoisotopic (exact) mass is 450 g/mol. The molecule has 0 N–H and O–H groups in total. The van der Waals surface area contributed by atoms with E-state index in [9.17, 15) is 30.8 Å². The van der Waals surface area contributed by atoms with Gasteiger partial charge in [-0.3, -0.25) is 4.79 Å². The van der Waals surface area contributed by atoms with Crippen molar-refractivity contribution in [2.24, 2.45) is 0 Å². The number of hydrogen-bond donors (Lipinski definition) is 0. The molecule has 2 aromatic carbocycles. The molecule has 2 aromatic rings. The summed E-state index contributed by atoms with van der Waals surface area (Å²) in [4.78, 5) is 12.8. The van der Waals surface area contributed by atoms with Gasteiger partial charge in [0.25, 0.3) is 0 Å². The second-order valence-electron chi connectivity index (χ2n) is 6.34. The molecule has 1 amide bonds. The Morgan fingerprint density at radius 2 is 1.59 bits per heavy atom. The van der Waals surface area contributed by atoms with Crippen molar-refractivity contribution in [3.63, 3.8) is 0 Å². The molecule has 0 spiro atoms. The Labute approximate surface area is 169 Å². The molecule has 0 saturated carbocycles. The van der Waals surface area contributed by atoms with Crippen molar-refractivity contribution in [1.82, 2.24) is 9.21 Å². The minimum Gasteiger partial charge on any atom is -0.340 e. The number of sulfonamides is 1. The van der Waals surface area contributed by atoms with E-state index in [0.29, 0.717) is 12.1 Å². The maximum Gasteiger partial charge on any atom is 0.246 e. The summed E-state index contributed by atoms with van der Waals surface area (Å²) in [6.45, 7) is -0.431. The molecule has 0 aliphatic carbocycles. The van der Waals surface area contributed by atoms with Crippen LogP contribution in [0.25, 0.3) is 0 Å². The first-order valence-electron chi connectivity index (χ1n) is 8.47. The van der Waals surface area contributed by atoms with E-state index in [4.69, 9.17) is 11.6 Å². The first-order valence-corrected chi connectivity index (χ1v) is 10.3. The summed E-state index contributed by atoms with van der Waals surface area (Å²) in [6, 6.07) is 5.22. The van der Waals surface area contributed by atoms with E-state index >= 15 is 0 Å².